The van der Waals surface area contributed by atoms with Crippen molar-refractivity contribution in [1.82, 2.24) is 4.90 Å². The van der Waals surface area contributed by atoms with Gasteiger partial charge >= 0.3 is 0 Å². The molecular formula is C9H21NOS. The number of nitrogens with zero attached hydrogens (tertiary/aromatic N) is 1. The van der Waals surface area contributed by atoms with E-state index in [9.17, 15) is 4.21 Å². The van der Waals surface area contributed by atoms with Gasteiger partial charge in [-0.25, -0.2) is 0 Å². The fourth-order valence-corrected chi connectivity index (χ4v) is 3.24. The summed E-state index contributed by atoms with van der Waals surface area (Å²) in [5.41, 5.74) is 0. The van der Waals surface area contributed by atoms with E-state index in [0.717, 1.165) is 18.8 Å². The Morgan fingerprint density at radius 1 is 1.42 bits per heavy atom. The predicted octanol–water partition coefficient (Wildman–Crippen LogP) is 0.603. The molecule has 1 saturated heterocycles. The molecule has 1 fully saturated rings. The van der Waals surface area contributed by atoms with E-state index in [4.69, 9.17) is 0 Å². The summed E-state index contributed by atoms with van der Waals surface area (Å²) in [6.45, 7) is 6.74. The first-order valence-electron chi connectivity index (χ1n) is 4.66. The van der Waals surface area contributed by atoms with Gasteiger partial charge in [0.25, 0.3) is 0 Å². The maximum atomic E-state index is 11.5. The van der Waals surface area contributed by atoms with E-state index in [2.05, 4.69) is 18.7 Å². The van der Waals surface area contributed by atoms with Gasteiger partial charge in [0.15, 0.2) is 0 Å². The number of likely N-dealkylation sites (tertiary alicyclic amines) is 1. The summed E-state index contributed by atoms with van der Waals surface area (Å²) in [6.07, 6.45) is 3.79. The topological polar surface area (TPSA) is 20.3 Å². The van der Waals surface area contributed by atoms with Gasteiger partial charge in [-0.1, -0.05) is 0 Å². The Labute approximate surface area is 76.8 Å². The first-order chi connectivity index (χ1) is 5.38. The normalized spacial score (nSPS) is 22.8. The van der Waals surface area contributed by atoms with Crippen LogP contribution in [0.2, 0.25) is 0 Å². The van der Waals surface area contributed by atoms with Gasteiger partial charge in [-0.3, -0.25) is 4.21 Å². The monoisotopic (exact) mass is 191 g/mol. The van der Waals surface area contributed by atoms with Crippen LogP contribution in [0.5, 0.6) is 0 Å². The minimum absolute atomic E-state index is 0.661. The van der Waals surface area contributed by atoms with E-state index < -0.39 is 9.93 Å². The molecule has 1 aliphatic heterocycles. The molecule has 3 heteroatoms. The minimum atomic E-state index is -1.77. The van der Waals surface area contributed by atoms with Crippen molar-refractivity contribution in [1.29, 1.82) is 0 Å². The molecule has 1 aliphatic rings. The van der Waals surface area contributed by atoms with Crippen molar-refractivity contribution < 1.29 is 4.21 Å². The Morgan fingerprint density at radius 2 is 1.92 bits per heavy atom. The third kappa shape index (κ3) is 2.87. The highest BCUT2D eigenvalue weighted by Crippen LogP contribution is 2.20. The van der Waals surface area contributed by atoms with Gasteiger partial charge in [-0.15, -0.1) is 9.93 Å². The van der Waals surface area contributed by atoms with Gasteiger partial charge in [-0.2, -0.15) is 0 Å². The Balaban J connectivity index is 2.22. The lowest BCUT2D eigenvalue weighted by Crippen LogP contribution is -2.52. The van der Waals surface area contributed by atoms with E-state index in [1.165, 1.54) is 0 Å². The molecule has 0 N–H and O–H groups in total. The average molecular weight is 191 g/mol. The highest BCUT2D eigenvalue weighted by Gasteiger charge is 2.29. The molecule has 0 unspecified atom stereocenters. The van der Waals surface area contributed by atoms with Gasteiger partial charge < -0.3 is 4.90 Å². The van der Waals surface area contributed by atoms with Crippen molar-refractivity contribution in [3.05, 3.63) is 0 Å². The molecule has 0 aromatic rings. The summed E-state index contributed by atoms with van der Waals surface area (Å²) in [7, 11) is -1.77. The summed E-state index contributed by atoms with van der Waals surface area (Å²) in [6, 6.07) is 0.661. The van der Waals surface area contributed by atoms with Crippen molar-refractivity contribution in [2.24, 2.45) is 5.92 Å². The van der Waals surface area contributed by atoms with Gasteiger partial charge in [0.05, 0.1) is 0 Å². The largest absolute Gasteiger partial charge is 0.300 e. The molecular weight excluding hydrogens is 170 g/mol. The average Bonchev–Trinajstić information content (AvgIpc) is 1.74. The van der Waals surface area contributed by atoms with Crippen LogP contribution in [0.4, 0.5) is 0 Å². The highest BCUT2D eigenvalue weighted by atomic mass is 32.2. The molecule has 0 saturated carbocycles. The van der Waals surface area contributed by atoms with E-state index in [1.807, 2.05) is 12.5 Å². The Morgan fingerprint density at radius 3 is 2.25 bits per heavy atom. The summed E-state index contributed by atoms with van der Waals surface area (Å²) in [5, 5.41) is 0. The molecule has 0 radical (unpaired) electrons. The first kappa shape index (κ1) is 10.2. The molecule has 0 aromatic carbocycles. The van der Waals surface area contributed by atoms with Gasteiger partial charge in [0, 0.05) is 24.9 Å². The van der Waals surface area contributed by atoms with Crippen LogP contribution in [0, 0.1) is 5.92 Å². The highest BCUT2D eigenvalue weighted by molar-refractivity contribution is 8.01. The molecule has 0 spiro atoms. The Bertz CT molecular complexity index is 191. The maximum Gasteiger partial charge on any atom is 0.00605 e. The number of thiol groups is 1. The van der Waals surface area contributed by atoms with Crippen molar-refractivity contribution in [2.75, 3.05) is 31.4 Å². The van der Waals surface area contributed by atoms with Crippen LogP contribution in [-0.4, -0.2) is 46.5 Å². The second-order valence-electron chi connectivity index (χ2n) is 4.67. The van der Waals surface area contributed by atoms with Crippen molar-refractivity contribution in [3.8, 4) is 0 Å². The smallest absolute Gasteiger partial charge is 0.00605 e. The Kier molecular flexibility index (Phi) is 2.94. The molecule has 74 valence electrons. The molecule has 0 atom stereocenters. The summed E-state index contributed by atoms with van der Waals surface area (Å²) in [5.74, 6) is 1.64. The van der Waals surface area contributed by atoms with E-state index in [1.54, 1.807) is 0 Å². The third-order valence-electron chi connectivity index (χ3n) is 2.41. The van der Waals surface area contributed by atoms with Crippen LogP contribution in [0.3, 0.4) is 0 Å². The predicted molar refractivity (Wildman–Crippen MR) is 56.5 cm³/mol. The molecule has 0 aromatic heterocycles. The minimum Gasteiger partial charge on any atom is -0.300 e. The quantitative estimate of drug-likeness (QED) is 0.659. The molecule has 2 nitrogen and oxygen atoms in total. The molecule has 12 heavy (non-hydrogen) atoms. The SMILES string of the molecule is CC(C)N1CC(C[SH](C)(C)=O)C1. The van der Waals surface area contributed by atoms with Gasteiger partial charge in [0.2, 0.25) is 0 Å². The van der Waals surface area contributed by atoms with Crippen LogP contribution in [0.1, 0.15) is 13.8 Å². The Hall–Kier alpha value is 0.110. The third-order valence-corrected chi connectivity index (χ3v) is 3.81. The zero-order valence-electron chi connectivity index (χ0n) is 8.58. The van der Waals surface area contributed by atoms with Gasteiger partial charge in [-0.05, 0) is 32.3 Å². The van der Waals surface area contributed by atoms with Crippen LogP contribution in [-0.2, 0) is 9.93 Å². The summed E-state index contributed by atoms with van der Waals surface area (Å²) < 4.78 is 11.5. The standard InChI is InChI=1S/C9H21NOS/c1-8(2)10-5-9(6-10)7-12(3,4)11/h8-9,12H,5-7H2,1-4H3. The van der Waals surface area contributed by atoms with Crippen LogP contribution in [0.25, 0.3) is 0 Å². The van der Waals surface area contributed by atoms with E-state index in [-0.39, 0.29) is 0 Å². The lowest BCUT2D eigenvalue weighted by Gasteiger charge is -2.43. The van der Waals surface area contributed by atoms with E-state index in [0.29, 0.717) is 12.0 Å². The maximum absolute atomic E-state index is 11.5. The molecule has 0 bridgehead atoms. The molecule has 1 heterocycles. The van der Waals surface area contributed by atoms with Crippen LogP contribution < -0.4 is 0 Å². The molecule has 0 amide bonds. The molecule has 1 rings (SSSR count). The lowest BCUT2D eigenvalue weighted by atomic mass is 10.0. The number of rotatable bonds is 3. The lowest BCUT2D eigenvalue weighted by molar-refractivity contribution is 0.0806. The summed E-state index contributed by atoms with van der Waals surface area (Å²) in [4.78, 5) is 2.43. The van der Waals surface area contributed by atoms with Crippen LogP contribution in [0.15, 0.2) is 0 Å². The fraction of sp³-hybridized carbons (Fsp3) is 1.00. The zero-order valence-corrected chi connectivity index (χ0v) is 9.47. The van der Waals surface area contributed by atoms with E-state index >= 15 is 0 Å². The fourth-order valence-electron chi connectivity index (χ4n) is 1.77. The van der Waals surface area contributed by atoms with Crippen molar-refractivity contribution in [2.45, 2.75) is 19.9 Å². The number of hydrogen-bond donors (Lipinski definition) is 1. The first-order valence-corrected chi connectivity index (χ1v) is 7.45. The second-order valence-corrected chi connectivity index (χ2v) is 8.18. The van der Waals surface area contributed by atoms with Crippen molar-refractivity contribution >= 4 is 9.93 Å². The van der Waals surface area contributed by atoms with Crippen LogP contribution >= 0.6 is 0 Å². The second kappa shape index (κ2) is 3.46. The summed E-state index contributed by atoms with van der Waals surface area (Å²) >= 11 is 0. The molecule has 0 aliphatic carbocycles. The van der Waals surface area contributed by atoms with Crippen molar-refractivity contribution in [3.63, 3.8) is 0 Å². The zero-order chi connectivity index (χ0) is 9.35. The number of hydrogen-bond acceptors (Lipinski definition) is 2. The van der Waals surface area contributed by atoms with Gasteiger partial charge in [0.1, 0.15) is 0 Å².